The number of hydrogen-bond acceptors (Lipinski definition) is 11. The van der Waals surface area contributed by atoms with E-state index in [2.05, 4.69) is 42.7 Å². The lowest BCUT2D eigenvalue weighted by Crippen LogP contribution is -2.31. The molecule has 1 aliphatic carbocycles. The second-order valence-corrected chi connectivity index (χ2v) is 7.95. The molecule has 3 heterocycles. The molecule has 0 spiro atoms. The smallest absolute Gasteiger partial charge is 0.191 e. The first kappa shape index (κ1) is 20.6. The minimum Gasteiger partial charge on any atom is -0.390 e. The number of nitrogens with one attached hydrogen (secondary N) is 1. The predicted molar refractivity (Wildman–Crippen MR) is 111 cm³/mol. The molecule has 12 heteroatoms. The van der Waals surface area contributed by atoms with Crippen LogP contribution in [0, 0.1) is 0 Å². The Labute approximate surface area is 176 Å². The van der Waals surface area contributed by atoms with E-state index in [1.165, 1.54) is 16.4 Å². The lowest BCUT2D eigenvalue weighted by Gasteiger charge is -2.16. The molecule has 158 valence electrons. The molecular weight excluding hydrogens is 408 g/mol. The van der Waals surface area contributed by atoms with Gasteiger partial charge in [-0.3, -0.25) is 10.4 Å². The summed E-state index contributed by atoms with van der Waals surface area (Å²) in [5.41, 5.74) is 4.32. The number of hydrogen-bond donors (Lipinski definition) is 4. The van der Waals surface area contributed by atoms with Gasteiger partial charge in [-0.2, -0.15) is 5.10 Å². The summed E-state index contributed by atoms with van der Waals surface area (Å²) >= 11 is 1.48. The summed E-state index contributed by atoms with van der Waals surface area (Å²) in [6, 6.07) is 4.85. The molecule has 3 aromatic heterocycles. The van der Waals surface area contributed by atoms with E-state index in [-0.39, 0.29) is 6.42 Å². The van der Waals surface area contributed by atoms with E-state index in [4.69, 9.17) is 0 Å². The molecule has 0 saturated heterocycles. The average molecular weight is 430 g/mol. The zero-order chi connectivity index (χ0) is 21.1. The molecule has 3 aromatic rings. The maximum atomic E-state index is 10.3. The number of nitrogens with zero attached hydrogens (tertiary/aromatic N) is 7. The van der Waals surface area contributed by atoms with Crippen LogP contribution in [0.4, 0.5) is 5.82 Å². The van der Waals surface area contributed by atoms with Gasteiger partial charge in [0.1, 0.15) is 12.2 Å². The van der Waals surface area contributed by atoms with E-state index < -0.39 is 24.4 Å². The monoisotopic (exact) mass is 430 g/mol. The van der Waals surface area contributed by atoms with Crippen molar-refractivity contribution in [2.45, 2.75) is 49.3 Å². The van der Waals surface area contributed by atoms with Crippen LogP contribution in [0.15, 0.2) is 34.7 Å². The molecule has 0 amide bonds. The largest absolute Gasteiger partial charge is 0.390 e. The SMILES string of the molecule is CCCSc1nc(N/N=C/c2ccccn2)c2nnn([C@@H]3C[C@H](O)[C@@H](O)[C@H]3O)c2n1. The van der Waals surface area contributed by atoms with Crippen LogP contribution in [0.25, 0.3) is 11.2 Å². The van der Waals surface area contributed by atoms with Crippen molar-refractivity contribution < 1.29 is 15.3 Å². The molecular formula is C18H22N8O3S. The van der Waals surface area contributed by atoms with Crippen molar-refractivity contribution in [2.75, 3.05) is 11.2 Å². The van der Waals surface area contributed by atoms with Crippen molar-refractivity contribution in [3.05, 3.63) is 30.1 Å². The maximum absolute atomic E-state index is 10.3. The van der Waals surface area contributed by atoms with Crippen LogP contribution in [0.2, 0.25) is 0 Å². The summed E-state index contributed by atoms with van der Waals surface area (Å²) in [6.07, 6.45) is 0.860. The third-order valence-corrected chi connectivity index (χ3v) is 5.78. The number of aromatic nitrogens is 6. The summed E-state index contributed by atoms with van der Waals surface area (Å²) in [6.45, 7) is 2.06. The second kappa shape index (κ2) is 9.00. The number of thioether (sulfide) groups is 1. The standard InChI is InChI=1S/C18H22N8O3S/c1-2-7-30-18-21-16(24-20-9-10-5-3-4-6-19-10)13-17(22-18)26(25-23-13)11-8-12(27)15(29)14(11)28/h3-6,9,11-12,14-15,27-29H,2,7-8H2,1H3,(H,21,22,24)/b20-9+/t11-,12+,14+,15-/m1/s1. The summed E-state index contributed by atoms with van der Waals surface area (Å²) < 4.78 is 1.44. The fourth-order valence-corrected chi connectivity index (χ4v) is 3.90. The Kier molecular flexibility index (Phi) is 6.18. The topological polar surface area (TPSA) is 154 Å². The quantitative estimate of drug-likeness (QED) is 0.181. The van der Waals surface area contributed by atoms with Crippen LogP contribution < -0.4 is 5.43 Å². The van der Waals surface area contributed by atoms with Gasteiger partial charge < -0.3 is 15.3 Å². The van der Waals surface area contributed by atoms with Gasteiger partial charge in [-0.15, -0.1) is 5.10 Å². The number of anilines is 1. The molecule has 4 rings (SSSR count). The number of rotatable bonds is 7. The van der Waals surface area contributed by atoms with Gasteiger partial charge in [-0.1, -0.05) is 30.0 Å². The Morgan fingerprint density at radius 2 is 2.13 bits per heavy atom. The Morgan fingerprint density at radius 3 is 2.83 bits per heavy atom. The van der Waals surface area contributed by atoms with E-state index in [0.717, 1.165) is 12.2 Å². The van der Waals surface area contributed by atoms with Crippen LogP contribution in [0.3, 0.4) is 0 Å². The van der Waals surface area contributed by atoms with Gasteiger partial charge in [0.25, 0.3) is 0 Å². The summed E-state index contributed by atoms with van der Waals surface area (Å²) in [5.74, 6) is 1.19. The minimum atomic E-state index is -1.24. The van der Waals surface area contributed by atoms with Gasteiger partial charge in [-0.25, -0.2) is 14.6 Å². The van der Waals surface area contributed by atoms with Crippen molar-refractivity contribution in [2.24, 2.45) is 5.10 Å². The van der Waals surface area contributed by atoms with Crippen LogP contribution in [0.5, 0.6) is 0 Å². The van der Waals surface area contributed by atoms with E-state index in [0.29, 0.717) is 27.8 Å². The van der Waals surface area contributed by atoms with Crippen LogP contribution in [-0.4, -0.2) is 75.5 Å². The molecule has 1 saturated carbocycles. The Hall–Kier alpha value is -2.67. The van der Waals surface area contributed by atoms with E-state index in [1.54, 1.807) is 12.4 Å². The minimum absolute atomic E-state index is 0.142. The molecule has 0 unspecified atom stereocenters. The second-order valence-electron chi connectivity index (χ2n) is 6.89. The third kappa shape index (κ3) is 4.12. The number of pyridine rings is 1. The number of aliphatic hydroxyl groups is 3. The van der Waals surface area contributed by atoms with Crippen molar-refractivity contribution in [3.8, 4) is 0 Å². The highest BCUT2D eigenvalue weighted by molar-refractivity contribution is 7.99. The van der Waals surface area contributed by atoms with E-state index >= 15 is 0 Å². The highest BCUT2D eigenvalue weighted by Crippen LogP contribution is 2.33. The van der Waals surface area contributed by atoms with Crippen LogP contribution >= 0.6 is 11.8 Å². The lowest BCUT2D eigenvalue weighted by molar-refractivity contribution is -0.0253. The van der Waals surface area contributed by atoms with Crippen molar-refractivity contribution in [1.29, 1.82) is 0 Å². The van der Waals surface area contributed by atoms with Gasteiger partial charge >= 0.3 is 0 Å². The highest BCUT2D eigenvalue weighted by atomic mass is 32.2. The van der Waals surface area contributed by atoms with Crippen molar-refractivity contribution >= 4 is 35.0 Å². The van der Waals surface area contributed by atoms with Gasteiger partial charge in [0.05, 0.1) is 24.1 Å². The molecule has 11 nitrogen and oxygen atoms in total. The molecule has 0 radical (unpaired) electrons. The fourth-order valence-electron chi connectivity index (χ4n) is 3.21. The zero-order valence-electron chi connectivity index (χ0n) is 16.2. The number of aliphatic hydroxyl groups excluding tert-OH is 3. The van der Waals surface area contributed by atoms with Crippen molar-refractivity contribution in [3.63, 3.8) is 0 Å². The molecule has 0 aliphatic heterocycles. The molecule has 4 atom stereocenters. The van der Waals surface area contributed by atoms with Crippen molar-refractivity contribution in [1.82, 2.24) is 29.9 Å². The first-order valence-corrected chi connectivity index (χ1v) is 10.6. The van der Waals surface area contributed by atoms with E-state index in [9.17, 15) is 15.3 Å². The number of hydrazone groups is 1. The Morgan fingerprint density at radius 1 is 1.27 bits per heavy atom. The highest BCUT2D eigenvalue weighted by Gasteiger charge is 2.43. The van der Waals surface area contributed by atoms with Crippen LogP contribution in [-0.2, 0) is 0 Å². The van der Waals surface area contributed by atoms with E-state index in [1.807, 2.05) is 18.2 Å². The molecule has 1 aliphatic rings. The maximum Gasteiger partial charge on any atom is 0.191 e. The molecule has 0 aromatic carbocycles. The van der Waals surface area contributed by atoms with Gasteiger partial charge in [0.2, 0.25) is 0 Å². The molecule has 1 fully saturated rings. The first-order chi connectivity index (χ1) is 14.6. The Bertz CT molecular complexity index is 1030. The van der Waals surface area contributed by atoms with Gasteiger partial charge in [0, 0.05) is 18.4 Å². The molecule has 0 bridgehead atoms. The van der Waals surface area contributed by atoms with Crippen LogP contribution in [0.1, 0.15) is 31.5 Å². The predicted octanol–water partition coefficient (Wildman–Crippen LogP) is 0.592. The lowest BCUT2D eigenvalue weighted by atomic mass is 10.2. The third-order valence-electron chi connectivity index (χ3n) is 4.73. The Balaban J connectivity index is 1.69. The normalized spacial score (nSPS) is 24.1. The zero-order valence-corrected chi connectivity index (χ0v) is 17.0. The van der Waals surface area contributed by atoms with Gasteiger partial charge in [0.15, 0.2) is 22.1 Å². The summed E-state index contributed by atoms with van der Waals surface area (Å²) in [4.78, 5) is 13.2. The average Bonchev–Trinajstić information content (AvgIpc) is 3.29. The summed E-state index contributed by atoms with van der Waals surface area (Å²) in [5, 5.41) is 43.1. The molecule has 30 heavy (non-hydrogen) atoms. The van der Waals surface area contributed by atoms with Gasteiger partial charge in [-0.05, 0) is 18.6 Å². The number of fused-ring (bicyclic) bond motifs is 1. The fraction of sp³-hybridized carbons (Fsp3) is 0.444. The first-order valence-electron chi connectivity index (χ1n) is 9.58. The summed E-state index contributed by atoms with van der Waals surface area (Å²) in [7, 11) is 0. The molecule has 4 N–H and O–H groups in total.